The molecule has 1 fully saturated rings. The van der Waals surface area contributed by atoms with E-state index >= 15 is 0 Å². The Bertz CT molecular complexity index is 615. The summed E-state index contributed by atoms with van der Waals surface area (Å²) in [6.45, 7) is 2.18. The lowest BCUT2D eigenvalue weighted by molar-refractivity contribution is -0.148. The Morgan fingerprint density at radius 1 is 1.18 bits per heavy atom. The highest BCUT2D eigenvalue weighted by molar-refractivity contribution is 5.81. The maximum absolute atomic E-state index is 12.1. The molecule has 0 bridgehead atoms. The molecule has 1 aromatic carbocycles. The van der Waals surface area contributed by atoms with Gasteiger partial charge in [0, 0.05) is 5.41 Å². The van der Waals surface area contributed by atoms with Gasteiger partial charge in [-0.15, -0.1) is 0 Å². The lowest BCUT2D eigenvalue weighted by Gasteiger charge is -2.36. The molecule has 1 amide bonds. The lowest BCUT2D eigenvalue weighted by Crippen LogP contribution is -2.50. The number of benzene rings is 1. The van der Waals surface area contributed by atoms with Crippen molar-refractivity contribution in [1.82, 2.24) is 5.32 Å². The molecule has 0 radical (unpaired) electrons. The number of alkyl carbamates (subject to hydrolysis) is 1. The third-order valence-electron chi connectivity index (χ3n) is 5.31. The largest absolute Gasteiger partial charge is 0.467 e. The van der Waals surface area contributed by atoms with Crippen molar-refractivity contribution in [3.63, 3.8) is 0 Å². The summed E-state index contributed by atoms with van der Waals surface area (Å²) in [5.74, 6) is -0.606. The second kappa shape index (κ2) is 11.0. The van der Waals surface area contributed by atoms with Gasteiger partial charge in [-0.3, -0.25) is 0 Å². The van der Waals surface area contributed by atoms with Crippen LogP contribution in [0.5, 0.6) is 0 Å². The molecule has 7 nitrogen and oxygen atoms in total. The van der Waals surface area contributed by atoms with Crippen LogP contribution in [0.15, 0.2) is 30.3 Å². The molecule has 0 heterocycles. The van der Waals surface area contributed by atoms with Gasteiger partial charge in [-0.05, 0) is 25.3 Å². The highest BCUT2D eigenvalue weighted by atomic mass is 16.6. The van der Waals surface area contributed by atoms with Crippen LogP contribution in [0, 0.1) is 5.41 Å². The fraction of sp³-hybridized carbons (Fsp3) is 0.619. The number of hydrogen-bond acceptors (Lipinski definition) is 6. The van der Waals surface area contributed by atoms with Crippen molar-refractivity contribution in [3.05, 3.63) is 35.9 Å². The van der Waals surface area contributed by atoms with Gasteiger partial charge in [-0.2, -0.15) is 0 Å². The summed E-state index contributed by atoms with van der Waals surface area (Å²) in [5, 5.41) is 12.3. The Morgan fingerprint density at radius 3 is 2.46 bits per heavy atom. The Kier molecular flexibility index (Phi) is 8.73. The van der Waals surface area contributed by atoms with Crippen LogP contribution in [0.1, 0.15) is 44.6 Å². The number of carbonyl (C=O) groups is 2. The van der Waals surface area contributed by atoms with Crippen LogP contribution >= 0.6 is 0 Å². The Hall–Kier alpha value is -2.12. The van der Waals surface area contributed by atoms with Gasteiger partial charge in [0.1, 0.15) is 6.61 Å². The topological polar surface area (TPSA) is 94.1 Å². The molecular formula is C21H31NO6. The van der Waals surface area contributed by atoms with Crippen molar-refractivity contribution in [1.29, 1.82) is 0 Å². The zero-order valence-electron chi connectivity index (χ0n) is 16.7. The lowest BCUT2D eigenvalue weighted by atomic mass is 9.75. The molecule has 156 valence electrons. The molecule has 2 atom stereocenters. The molecule has 0 saturated heterocycles. The average molecular weight is 393 g/mol. The van der Waals surface area contributed by atoms with Crippen molar-refractivity contribution < 1.29 is 28.9 Å². The van der Waals surface area contributed by atoms with Gasteiger partial charge < -0.3 is 24.6 Å². The standard InChI is InChI=1S/C21H31NO6/c1-16(28-15-21(14-23)11-7-4-8-12-21)18(19(24)26-2)22-20(25)27-13-17-9-5-3-6-10-17/h3,5-6,9-10,16,18,23H,4,7-8,11-15H2,1-2H3,(H,22,25)/t16-,18-/m1/s1. The minimum atomic E-state index is -0.993. The van der Waals surface area contributed by atoms with Gasteiger partial charge >= 0.3 is 12.1 Å². The average Bonchev–Trinajstić information content (AvgIpc) is 2.75. The van der Waals surface area contributed by atoms with E-state index in [2.05, 4.69) is 5.32 Å². The van der Waals surface area contributed by atoms with E-state index in [9.17, 15) is 14.7 Å². The van der Waals surface area contributed by atoms with Crippen LogP contribution in [-0.2, 0) is 25.6 Å². The summed E-state index contributed by atoms with van der Waals surface area (Å²) in [4.78, 5) is 24.3. The number of hydrogen-bond donors (Lipinski definition) is 2. The molecule has 0 unspecified atom stereocenters. The summed E-state index contributed by atoms with van der Waals surface area (Å²) in [5.41, 5.74) is 0.569. The zero-order valence-corrected chi connectivity index (χ0v) is 16.7. The van der Waals surface area contributed by atoms with E-state index < -0.39 is 24.2 Å². The number of rotatable bonds is 9. The normalized spacial score (nSPS) is 18.0. The number of carbonyl (C=O) groups excluding carboxylic acids is 2. The first-order valence-corrected chi connectivity index (χ1v) is 9.77. The first-order chi connectivity index (χ1) is 13.5. The summed E-state index contributed by atoms with van der Waals surface area (Å²) in [7, 11) is 1.26. The molecule has 1 aromatic rings. The van der Waals surface area contributed by atoms with E-state index in [1.165, 1.54) is 7.11 Å². The van der Waals surface area contributed by atoms with Gasteiger partial charge in [0.05, 0.1) is 26.4 Å². The molecule has 28 heavy (non-hydrogen) atoms. The quantitative estimate of drug-likeness (QED) is 0.627. The van der Waals surface area contributed by atoms with E-state index in [1.807, 2.05) is 30.3 Å². The van der Waals surface area contributed by atoms with Crippen LogP contribution in [0.25, 0.3) is 0 Å². The summed E-state index contributed by atoms with van der Waals surface area (Å²) < 4.78 is 15.9. The predicted molar refractivity (Wildman–Crippen MR) is 104 cm³/mol. The second-order valence-electron chi connectivity index (χ2n) is 7.44. The smallest absolute Gasteiger partial charge is 0.408 e. The fourth-order valence-electron chi connectivity index (χ4n) is 3.44. The van der Waals surface area contributed by atoms with Crippen LogP contribution in [0.4, 0.5) is 4.79 Å². The van der Waals surface area contributed by atoms with Gasteiger partial charge in [-0.1, -0.05) is 49.6 Å². The number of esters is 1. The monoisotopic (exact) mass is 393 g/mol. The zero-order chi connectivity index (χ0) is 20.4. The van der Waals surface area contributed by atoms with Gasteiger partial charge in [-0.25, -0.2) is 9.59 Å². The second-order valence-corrected chi connectivity index (χ2v) is 7.44. The van der Waals surface area contributed by atoms with Crippen molar-refractivity contribution in [2.75, 3.05) is 20.3 Å². The number of nitrogens with one attached hydrogen (secondary N) is 1. The minimum absolute atomic E-state index is 0.0508. The number of ether oxygens (including phenoxy) is 3. The number of aliphatic hydroxyl groups is 1. The predicted octanol–water partition coefficient (Wildman–Crippen LogP) is 2.80. The number of aliphatic hydroxyl groups excluding tert-OH is 1. The maximum atomic E-state index is 12.1. The highest BCUT2D eigenvalue weighted by Crippen LogP contribution is 2.36. The van der Waals surface area contributed by atoms with E-state index in [-0.39, 0.29) is 18.6 Å². The van der Waals surface area contributed by atoms with E-state index in [0.717, 1.165) is 37.7 Å². The molecule has 2 rings (SSSR count). The van der Waals surface area contributed by atoms with Crippen LogP contribution in [0.3, 0.4) is 0 Å². The molecule has 1 aliphatic rings. The van der Waals surface area contributed by atoms with E-state index in [1.54, 1.807) is 6.92 Å². The van der Waals surface area contributed by atoms with Crippen molar-refractivity contribution in [3.8, 4) is 0 Å². The molecular weight excluding hydrogens is 362 g/mol. The molecule has 0 aromatic heterocycles. The van der Waals surface area contributed by atoms with E-state index in [4.69, 9.17) is 14.2 Å². The van der Waals surface area contributed by atoms with Gasteiger partial charge in [0.15, 0.2) is 6.04 Å². The SMILES string of the molecule is COC(=O)[C@H](NC(=O)OCc1ccccc1)[C@@H](C)OCC1(CO)CCCCC1. The third-order valence-corrected chi connectivity index (χ3v) is 5.31. The molecule has 1 aliphatic carbocycles. The van der Waals surface area contributed by atoms with Crippen LogP contribution < -0.4 is 5.32 Å². The van der Waals surface area contributed by atoms with Crippen molar-refractivity contribution >= 4 is 12.1 Å². The Balaban J connectivity index is 1.90. The van der Waals surface area contributed by atoms with E-state index in [0.29, 0.717) is 6.61 Å². The molecule has 1 saturated carbocycles. The molecule has 0 aliphatic heterocycles. The van der Waals surface area contributed by atoms with Crippen molar-refractivity contribution in [2.24, 2.45) is 5.41 Å². The van der Waals surface area contributed by atoms with Gasteiger partial charge in [0.25, 0.3) is 0 Å². The first-order valence-electron chi connectivity index (χ1n) is 9.77. The van der Waals surface area contributed by atoms with Crippen LogP contribution in [-0.4, -0.2) is 49.6 Å². The number of amides is 1. The molecule has 7 heteroatoms. The highest BCUT2D eigenvalue weighted by Gasteiger charge is 2.35. The fourth-order valence-corrected chi connectivity index (χ4v) is 3.44. The summed E-state index contributed by atoms with van der Waals surface area (Å²) in [6, 6.07) is 8.27. The Morgan fingerprint density at radius 2 is 1.86 bits per heavy atom. The Labute approximate surface area is 166 Å². The summed E-state index contributed by atoms with van der Waals surface area (Å²) in [6.07, 6.45) is 3.73. The third kappa shape index (κ3) is 6.49. The van der Waals surface area contributed by atoms with Crippen molar-refractivity contribution in [2.45, 2.75) is 57.8 Å². The summed E-state index contributed by atoms with van der Waals surface area (Å²) >= 11 is 0. The minimum Gasteiger partial charge on any atom is -0.467 e. The number of methoxy groups -OCH3 is 1. The first kappa shape index (κ1) is 22.2. The van der Waals surface area contributed by atoms with Gasteiger partial charge in [0.2, 0.25) is 0 Å². The van der Waals surface area contributed by atoms with Crippen LogP contribution in [0.2, 0.25) is 0 Å². The molecule has 2 N–H and O–H groups in total. The molecule has 0 spiro atoms. The maximum Gasteiger partial charge on any atom is 0.408 e.